The maximum absolute atomic E-state index is 11.5. The quantitative estimate of drug-likeness (QED) is 0.363. The van der Waals surface area contributed by atoms with Crippen LogP contribution in [0.15, 0.2) is 48.7 Å². The summed E-state index contributed by atoms with van der Waals surface area (Å²) in [6, 6.07) is 11.9. The highest BCUT2D eigenvalue weighted by Gasteiger charge is 2.17. The molecule has 8 nitrogen and oxygen atoms in total. The Labute approximate surface area is 206 Å². The number of carboxylic acids is 1. The van der Waals surface area contributed by atoms with Crippen molar-refractivity contribution >= 4 is 23.2 Å². The van der Waals surface area contributed by atoms with Crippen molar-refractivity contribution in [1.82, 2.24) is 10.3 Å². The summed E-state index contributed by atoms with van der Waals surface area (Å²) in [5.41, 5.74) is 4.83. The summed E-state index contributed by atoms with van der Waals surface area (Å²) in [6.45, 7) is 4.03. The molecule has 1 fully saturated rings. The second-order valence-electron chi connectivity index (χ2n) is 9.06. The minimum Gasteiger partial charge on any atom is -0.481 e. The molecule has 4 rings (SSSR count). The van der Waals surface area contributed by atoms with E-state index in [4.69, 9.17) is 15.1 Å². The molecule has 1 unspecified atom stereocenters. The van der Waals surface area contributed by atoms with E-state index in [-0.39, 0.29) is 12.5 Å². The van der Waals surface area contributed by atoms with Gasteiger partial charge in [-0.05, 0) is 73.7 Å². The number of aliphatic carboxylic acids is 1. The maximum Gasteiger partial charge on any atom is 0.305 e. The van der Waals surface area contributed by atoms with Crippen LogP contribution in [0.2, 0.25) is 0 Å². The third kappa shape index (κ3) is 7.29. The number of hydrogen-bond acceptors (Lipinski definition) is 7. The third-order valence-corrected chi connectivity index (χ3v) is 6.44. The van der Waals surface area contributed by atoms with Crippen LogP contribution in [0.25, 0.3) is 0 Å². The summed E-state index contributed by atoms with van der Waals surface area (Å²) >= 11 is 0. The molecule has 2 aliphatic rings. The van der Waals surface area contributed by atoms with Gasteiger partial charge in [-0.25, -0.2) is 4.98 Å². The number of fused-ring (bicyclic) bond motifs is 1. The lowest BCUT2D eigenvalue weighted by atomic mass is 10.0. The molecule has 2 aliphatic heterocycles. The molecule has 0 aliphatic carbocycles. The van der Waals surface area contributed by atoms with Crippen molar-refractivity contribution in [3.05, 3.63) is 65.5 Å². The third-order valence-electron chi connectivity index (χ3n) is 6.44. The molecule has 0 spiro atoms. The predicted octanol–water partition coefficient (Wildman–Crippen LogP) is 3.94. The van der Waals surface area contributed by atoms with Crippen LogP contribution in [0.5, 0.6) is 0 Å². The van der Waals surface area contributed by atoms with E-state index in [1.807, 2.05) is 24.3 Å². The average molecular weight is 478 g/mol. The van der Waals surface area contributed by atoms with E-state index in [2.05, 4.69) is 27.7 Å². The number of aromatic nitrogens is 1. The van der Waals surface area contributed by atoms with Gasteiger partial charge in [-0.15, -0.1) is 0 Å². The summed E-state index contributed by atoms with van der Waals surface area (Å²) in [4.78, 5) is 18.5. The lowest BCUT2D eigenvalue weighted by Crippen LogP contribution is -2.36. The number of aryl methyl sites for hydroxylation is 2. The van der Waals surface area contributed by atoms with Crippen LogP contribution in [-0.2, 0) is 22.4 Å². The number of allylic oxidation sites excluding steroid dienone is 1. The molecule has 1 aromatic heterocycles. The van der Waals surface area contributed by atoms with Gasteiger partial charge in [-0.3, -0.25) is 4.79 Å². The van der Waals surface area contributed by atoms with E-state index >= 15 is 0 Å². The highest BCUT2D eigenvalue weighted by Crippen LogP contribution is 2.24. The van der Waals surface area contributed by atoms with Crippen LogP contribution in [0, 0.1) is 5.41 Å². The fourth-order valence-electron chi connectivity index (χ4n) is 4.52. The molecule has 3 heterocycles. The average Bonchev–Trinajstić information content (AvgIpc) is 2.88. The molecule has 2 aromatic rings. The first-order valence-corrected chi connectivity index (χ1v) is 12.5. The van der Waals surface area contributed by atoms with Crippen LogP contribution in [-0.4, -0.2) is 54.6 Å². The lowest BCUT2D eigenvalue weighted by Gasteiger charge is -2.29. The van der Waals surface area contributed by atoms with Crippen molar-refractivity contribution in [3.63, 3.8) is 0 Å². The highest BCUT2D eigenvalue weighted by atomic mass is 16.5. The first-order valence-electron chi connectivity index (χ1n) is 12.5. The molecule has 8 heteroatoms. The van der Waals surface area contributed by atoms with Crippen molar-refractivity contribution in [3.8, 4) is 0 Å². The molecule has 0 saturated carbocycles. The molecule has 4 N–H and O–H groups in total. The van der Waals surface area contributed by atoms with Gasteiger partial charge in [0.25, 0.3) is 0 Å². The molecule has 186 valence electrons. The molecule has 0 bridgehead atoms. The monoisotopic (exact) mass is 477 g/mol. The number of morpholine rings is 1. The Kier molecular flexibility index (Phi) is 8.73. The highest BCUT2D eigenvalue weighted by molar-refractivity contribution is 5.92. The van der Waals surface area contributed by atoms with E-state index in [0.29, 0.717) is 25.3 Å². The lowest BCUT2D eigenvalue weighted by molar-refractivity contribution is -0.137. The van der Waals surface area contributed by atoms with Gasteiger partial charge in [-0.2, -0.15) is 0 Å². The Morgan fingerprint density at radius 1 is 1.29 bits per heavy atom. The number of rotatable bonds is 11. The number of nitrogens with zero attached hydrogens (tertiary/aromatic N) is 2. The first-order chi connectivity index (χ1) is 17.1. The Hall–Kier alpha value is -3.39. The van der Waals surface area contributed by atoms with Crippen LogP contribution in [0.4, 0.5) is 11.5 Å². The zero-order valence-corrected chi connectivity index (χ0v) is 20.1. The van der Waals surface area contributed by atoms with Gasteiger partial charge in [0.05, 0.1) is 25.7 Å². The molecule has 35 heavy (non-hydrogen) atoms. The Bertz CT molecular complexity index is 1050. The number of hydrogen-bond donors (Lipinski definition) is 4. The Balaban J connectivity index is 1.29. The molecule has 1 atom stereocenters. The van der Waals surface area contributed by atoms with E-state index in [9.17, 15) is 9.90 Å². The second kappa shape index (κ2) is 12.4. The molecule has 1 aromatic carbocycles. The number of carboxylic acid groups (broad SMARTS) is 1. The summed E-state index contributed by atoms with van der Waals surface area (Å²) in [6.07, 6.45) is 7.93. The SMILES string of the molecule is N=C(/C=C\NC(CC(=O)O)c1cccc(N2CCOCC2)c1)CCCc1ccc2c(n1)NCCC2. The Morgan fingerprint density at radius 3 is 2.97 bits per heavy atom. The largest absolute Gasteiger partial charge is 0.481 e. The van der Waals surface area contributed by atoms with Crippen molar-refractivity contribution in [2.45, 2.75) is 44.6 Å². The van der Waals surface area contributed by atoms with Crippen molar-refractivity contribution in [2.24, 2.45) is 0 Å². The summed E-state index contributed by atoms with van der Waals surface area (Å²) in [5, 5.41) is 24.3. The molecule has 0 radical (unpaired) electrons. The summed E-state index contributed by atoms with van der Waals surface area (Å²) in [5.74, 6) is 0.143. The number of anilines is 2. The molecule has 0 amide bonds. The number of carbonyl (C=O) groups is 1. The fraction of sp³-hybridized carbons (Fsp3) is 0.444. The summed E-state index contributed by atoms with van der Waals surface area (Å²) < 4.78 is 5.43. The smallest absolute Gasteiger partial charge is 0.305 e. The molecule has 1 saturated heterocycles. The van der Waals surface area contributed by atoms with E-state index in [1.54, 1.807) is 12.3 Å². The van der Waals surface area contributed by atoms with Crippen molar-refractivity contribution in [2.75, 3.05) is 43.1 Å². The van der Waals surface area contributed by atoms with Gasteiger partial charge in [-0.1, -0.05) is 18.2 Å². The molecular weight excluding hydrogens is 442 g/mol. The number of nitrogens with one attached hydrogen (secondary N) is 3. The van der Waals surface area contributed by atoms with Crippen LogP contribution in [0.1, 0.15) is 48.5 Å². The zero-order valence-electron chi connectivity index (χ0n) is 20.1. The van der Waals surface area contributed by atoms with Crippen molar-refractivity contribution < 1.29 is 14.6 Å². The normalized spacial score (nSPS) is 16.4. The van der Waals surface area contributed by atoms with Gasteiger partial charge in [0.1, 0.15) is 5.82 Å². The predicted molar refractivity (Wildman–Crippen MR) is 138 cm³/mol. The molecular formula is C27H35N5O3. The van der Waals surface area contributed by atoms with E-state index in [1.165, 1.54) is 5.56 Å². The van der Waals surface area contributed by atoms with Gasteiger partial charge in [0.2, 0.25) is 0 Å². The second-order valence-corrected chi connectivity index (χ2v) is 9.06. The number of benzene rings is 1. The fourth-order valence-corrected chi connectivity index (χ4v) is 4.52. The number of ether oxygens (including phenoxy) is 1. The minimum absolute atomic E-state index is 0.0394. The van der Waals surface area contributed by atoms with Gasteiger partial charge in [0.15, 0.2) is 0 Å². The summed E-state index contributed by atoms with van der Waals surface area (Å²) in [7, 11) is 0. The maximum atomic E-state index is 11.5. The Morgan fingerprint density at radius 2 is 2.14 bits per heavy atom. The minimum atomic E-state index is -0.866. The van der Waals surface area contributed by atoms with Crippen LogP contribution >= 0.6 is 0 Å². The first kappa shape index (κ1) is 24.7. The number of pyridine rings is 1. The van der Waals surface area contributed by atoms with Gasteiger partial charge >= 0.3 is 5.97 Å². The zero-order chi connectivity index (χ0) is 24.5. The van der Waals surface area contributed by atoms with Gasteiger partial charge < -0.3 is 30.8 Å². The standard InChI is InChI=1S/C27H35N5O3/c28-22(6-2-7-23-10-9-20-5-3-12-30-27(20)31-23)11-13-29-25(19-26(33)34)21-4-1-8-24(18-21)32-14-16-35-17-15-32/h1,4,8-11,13,18,25,28-29H,2-3,5-7,12,14-17,19H2,(H,30,31)(H,33,34)/b13-11-,28-22?. The van der Waals surface area contributed by atoms with Gasteiger partial charge in [0, 0.05) is 36.7 Å². The van der Waals surface area contributed by atoms with Crippen LogP contribution in [0.3, 0.4) is 0 Å². The topological polar surface area (TPSA) is 111 Å². The van der Waals surface area contributed by atoms with Crippen molar-refractivity contribution in [1.29, 1.82) is 5.41 Å². The van der Waals surface area contributed by atoms with Crippen LogP contribution < -0.4 is 15.5 Å². The van der Waals surface area contributed by atoms with E-state index < -0.39 is 5.97 Å². The van der Waals surface area contributed by atoms with E-state index in [0.717, 1.165) is 68.1 Å².